The van der Waals surface area contributed by atoms with Crippen molar-refractivity contribution in [1.82, 2.24) is 10.2 Å². The number of nitrogens with one attached hydrogen (secondary N) is 2. The number of ether oxygens (including phenoxy) is 1. The van der Waals surface area contributed by atoms with Gasteiger partial charge in [-0.05, 0) is 62.3 Å². The highest BCUT2D eigenvalue weighted by molar-refractivity contribution is 7.20. The molecule has 144 valence electrons. The van der Waals surface area contributed by atoms with Gasteiger partial charge in [-0.3, -0.25) is 10.1 Å². The largest absolute Gasteiger partial charge is 0.497 e. The van der Waals surface area contributed by atoms with E-state index in [2.05, 4.69) is 15.5 Å². The summed E-state index contributed by atoms with van der Waals surface area (Å²) in [5, 5.41) is 6.10. The van der Waals surface area contributed by atoms with Crippen molar-refractivity contribution in [2.45, 2.75) is 18.9 Å². The Morgan fingerprint density at radius 3 is 2.67 bits per heavy atom. The third kappa shape index (κ3) is 4.78. The van der Waals surface area contributed by atoms with E-state index in [-0.39, 0.29) is 11.9 Å². The molecular formula is C19H24N4O3S. The SMILES string of the molecule is COc1ccc(-c2cc(C(=O)N[C@H]3CCCN(C)C3)c(NC(N)=O)s2)cc1. The van der Waals surface area contributed by atoms with E-state index in [1.165, 1.54) is 11.3 Å². The van der Waals surface area contributed by atoms with E-state index in [0.29, 0.717) is 10.6 Å². The molecule has 1 fully saturated rings. The van der Waals surface area contributed by atoms with Crippen molar-refractivity contribution in [3.8, 4) is 16.2 Å². The van der Waals surface area contributed by atoms with E-state index in [4.69, 9.17) is 10.5 Å². The number of rotatable bonds is 5. The molecule has 1 aliphatic rings. The molecule has 1 atom stereocenters. The maximum absolute atomic E-state index is 12.8. The molecule has 8 heteroatoms. The molecule has 0 saturated carbocycles. The zero-order valence-electron chi connectivity index (χ0n) is 15.5. The van der Waals surface area contributed by atoms with Crippen molar-refractivity contribution < 1.29 is 14.3 Å². The Labute approximate surface area is 162 Å². The smallest absolute Gasteiger partial charge is 0.317 e. The highest BCUT2D eigenvalue weighted by atomic mass is 32.1. The Kier molecular flexibility index (Phi) is 5.98. The highest BCUT2D eigenvalue weighted by Gasteiger charge is 2.23. The predicted molar refractivity (Wildman–Crippen MR) is 107 cm³/mol. The summed E-state index contributed by atoms with van der Waals surface area (Å²) in [6, 6.07) is 8.74. The molecule has 7 nitrogen and oxygen atoms in total. The van der Waals surface area contributed by atoms with E-state index in [1.54, 1.807) is 13.2 Å². The lowest BCUT2D eigenvalue weighted by Gasteiger charge is -2.30. The van der Waals surface area contributed by atoms with E-state index >= 15 is 0 Å². The van der Waals surface area contributed by atoms with Crippen molar-refractivity contribution in [1.29, 1.82) is 0 Å². The molecule has 1 aromatic heterocycles. The number of nitrogens with two attached hydrogens (primary N) is 1. The summed E-state index contributed by atoms with van der Waals surface area (Å²) < 4.78 is 5.18. The van der Waals surface area contributed by atoms with Gasteiger partial charge in [-0.15, -0.1) is 11.3 Å². The minimum atomic E-state index is -0.690. The van der Waals surface area contributed by atoms with Gasteiger partial charge in [0.1, 0.15) is 10.8 Å². The van der Waals surface area contributed by atoms with Crippen molar-refractivity contribution in [3.63, 3.8) is 0 Å². The number of nitrogens with zero attached hydrogens (tertiary/aromatic N) is 1. The molecule has 2 heterocycles. The number of amides is 3. The first-order valence-corrected chi connectivity index (χ1v) is 9.62. The zero-order chi connectivity index (χ0) is 19.4. The molecule has 27 heavy (non-hydrogen) atoms. The standard InChI is InChI=1S/C19H24N4O3S/c1-23-9-3-4-13(11-23)21-17(24)15-10-16(27-18(15)22-19(20)25)12-5-7-14(26-2)8-6-12/h5-8,10,13H,3-4,9,11H2,1-2H3,(H,21,24)(H3,20,22,25)/t13-/m0/s1. The minimum Gasteiger partial charge on any atom is -0.497 e. The zero-order valence-corrected chi connectivity index (χ0v) is 16.3. The lowest BCUT2D eigenvalue weighted by molar-refractivity contribution is 0.0914. The number of primary amides is 1. The van der Waals surface area contributed by atoms with Crippen molar-refractivity contribution in [3.05, 3.63) is 35.9 Å². The predicted octanol–water partition coefficient (Wildman–Crippen LogP) is 2.74. The molecule has 4 N–H and O–H groups in total. The summed E-state index contributed by atoms with van der Waals surface area (Å²) >= 11 is 1.32. The third-order valence-corrected chi connectivity index (χ3v) is 5.65. The van der Waals surface area contributed by atoms with Crippen molar-refractivity contribution in [2.75, 3.05) is 32.6 Å². The number of likely N-dealkylation sites (tertiary alicyclic amines) is 1. The Balaban J connectivity index is 1.84. The quantitative estimate of drug-likeness (QED) is 0.734. The number of benzene rings is 1. The fraction of sp³-hybridized carbons (Fsp3) is 0.368. The van der Waals surface area contributed by atoms with Crippen LogP contribution < -0.4 is 21.1 Å². The van der Waals surface area contributed by atoms with Gasteiger partial charge in [-0.2, -0.15) is 0 Å². The summed E-state index contributed by atoms with van der Waals surface area (Å²) in [5.41, 5.74) is 6.65. The van der Waals surface area contributed by atoms with E-state index < -0.39 is 6.03 Å². The van der Waals surface area contributed by atoms with E-state index in [1.807, 2.05) is 31.3 Å². The first kappa shape index (κ1) is 19.2. The first-order chi connectivity index (χ1) is 13.0. The van der Waals surface area contributed by atoms with Crippen molar-refractivity contribution >= 4 is 28.3 Å². The maximum atomic E-state index is 12.8. The Morgan fingerprint density at radius 1 is 1.30 bits per heavy atom. The second-order valence-electron chi connectivity index (χ2n) is 6.65. The Morgan fingerprint density at radius 2 is 2.04 bits per heavy atom. The number of urea groups is 1. The van der Waals surface area contributed by atoms with Crippen LogP contribution in [0.4, 0.5) is 9.80 Å². The molecule has 1 saturated heterocycles. The summed E-state index contributed by atoms with van der Waals surface area (Å²) in [7, 11) is 3.66. The van der Waals surface area contributed by atoms with E-state index in [9.17, 15) is 9.59 Å². The number of piperidine rings is 1. The molecule has 0 radical (unpaired) electrons. The minimum absolute atomic E-state index is 0.0991. The number of likely N-dealkylation sites (N-methyl/N-ethyl adjacent to an activating group) is 1. The van der Waals surface area contributed by atoms with Gasteiger partial charge in [0.05, 0.1) is 12.7 Å². The first-order valence-electron chi connectivity index (χ1n) is 8.80. The number of anilines is 1. The lowest BCUT2D eigenvalue weighted by atomic mass is 10.1. The summed E-state index contributed by atoms with van der Waals surface area (Å²) in [6.45, 7) is 1.86. The van der Waals surface area contributed by atoms with Crippen molar-refractivity contribution in [2.24, 2.45) is 5.73 Å². The number of carbonyl (C=O) groups is 2. The van der Waals surface area contributed by atoms with Crippen LogP contribution >= 0.6 is 11.3 Å². The van der Waals surface area contributed by atoms with Crippen LogP contribution in [0.25, 0.3) is 10.4 Å². The van der Waals surface area contributed by atoms with Gasteiger partial charge >= 0.3 is 6.03 Å². The van der Waals surface area contributed by atoms with Gasteiger partial charge < -0.3 is 20.7 Å². The van der Waals surface area contributed by atoms with Gasteiger partial charge in [0.25, 0.3) is 5.91 Å². The molecule has 2 aromatic rings. The Bertz CT molecular complexity index is 819. The molecule has 0 bridgehead atoms. The molecule has 3 rings (SSSR count). The topological polar surface area (TPSA) is 96.7 Å². The average molecular weight is 388 g/mol. The lowest BCUT2D eigenvalue weighted by Crippen LogP contribution is -2.46. The van der Waals surface area contributed by atoms with Gasteiger partial charge in [-0.25, -0.2) is 4.79 Å². The second kappa shape index (κ2) is 8.41. The molecule has 1 aromatic carbocycles. The summed E-state index contributed by atoms with van der Waals surface area (Å²) in [4.78, 5) is 27.3. The summed E-state index contributed by atoms with van der Waals surface area (Å²) in [6.07, 6.45) is 2.00. The summed E-state index contributed by atoms with van der Waals surface area (Å²) in [5.74, 6) is 0.556. The van der Waals surface area contributed by atoms with Crippen LogP contribution in [-0.4, -0.2) is 50.1 Å². The third-order valence-electron chi connectivity index (χ3n) is 4.55. The number of hydrogen-bond donors (Lipinski definition) is 3. The highest BCUT2D eigenvalue weighted by Crippen LogP contribution is 2.36. The second-order valence-corrected chi connectivity index (χ2v) is 7.70. The van der Waals surface area contributed by atoms with Gasteiger partial charge in [0, 0.05) is 17.5 Å². The van der Waals surface area contributed by atoms with Gasteiger partial charge in [-0.1, -0.05) is 0 Å². The van der Waals surface area contributed by atoms with Gasteiger partial charge in [0.2, 0.25) is 0 Å². The van der Waals surface area contributed by atoms with Crippen LogP contribution in [0.5, 0.6) is 5.75 Å². The Hall–Kier alpha value is -2.58. The normalized spacial score (nSPS) is 17.3. The molecule has 0 aliphatic carbocycles. The van der Waals surface area contributed by atoms with Crippen LogP contribution in [0, 0.1) is 0 Å². The number of carbonyl (C=O) groups excluding carboxylic acids is 2. The molecular weight excluding hydrogens is 364 g/mol. The number of hydrogen-bond acceptors (Lipinski definition) is 5. The van der Waals surface area contributed by atoms with Gasteiger partial charge in [0.15, 0.2) is 0 Å². The van der Waals surface area contributed by atoms with Crippen LogP contribution in [0.3, 0.4) is 0 Å². The maximum Gasteiger partial charge on any atom is 0.317 e. The fourth-order valence-corrected chi connectivity index (χ4v) is 4.27. The number of thiophene rings is 1. The van der Waals surface area contributed by atoms with Crippen LogP contribution in [0.2, 0.25) is 0 Å². The molecule has 0 spiro atoms. The molecule has 0 unspecified atom stereocenters. The number of methoxy groups -OCH3 is 1. The van der Waals surface area contributed by atoms with Crippen LogP contribution in [0.1, 0.15) is 23.2 Å². The average Bonchev–Trinajstić information content (AvgIpc) is 3.05. The van der Waals surface area contributed by atoms with Crippen LogP contribution in [-0.2, 0) is 0 Å². The van der Waals surface area contributed by atoms with Crippen LogP contribution in [0.15, 0.2) is 30.3 Å². The fourth-order valence-electron chi connectivity index (χ4n) is 3.21. The monoisotopic (exact) mass is 388 g/mol. The van der Waals surface area contributed by atoms with E-state index in [0.717, 1.165) is 42.1 Å². The molecule has 1 aliphatic heterocycles. The molecule has 3 amide bonds.